The summed E-state index contributed by atoms with van der Waals surface area (Å²) in [6, 6.07) is 14.3. The lowest BCUT2D eigenvalue weighted by Gasteiger charge is -2.09. The first-order valence-electron chi connectivity index (χ1n) is 10.4. The third kappa shape index (κ3) is 4.91. The highest BCUT2D eigenvalue weighted by atomic mass is 16.4. The minimum atomic E-state index is -0.975. The number of aromatic nitrogens is 2. The lowest BCUT2D eigenvalue weighted by molar-refractivity contribution is 0.0697. The number of benzene rings is 2. The second kappa shape index (κ2) is 9.89. The maximum Gasteiger partial charge on any atom is 0.336 e. The Labute approximate surface area is 181 Å². The summed E-state index contributed by atoms with van der Waals surface area (Å²) >= 11 is 0. The van der Waals surface area contributed by atoms with Crippen LogP contribution in [0.15, 0.2) is 65.6 Å². The van der Waals surface area contributed by atoms with Crippen LogP contribution >= 0.6 is 0 Å². The predicted molar refractivity (Wildman–Crippen MR) is 121 cm³/mol. The van der Waals surface area contributed by atoms with Crippen LogP contribution in [-0.2, 0) is 6.54 Å². The van der Waals surface area contributed by atoms with E-state index in [0.29, 0.717) is 30.6 Å². The molecular weight excluding hydrogens is 392 g/mol. The van der Waals surface area contributed by atoms with Crippen LogP contribution in [0.2, 0.25) is 0 Å². The van der Waals surface area contributed by atoms with Gasteiger partial charge in [-0.1, -0.05) is 62.4 Å². The molecule has 6 nitrogen and oxygen atoms in total. The molecule has 0 saturated heterocycles. The molecule has 0 aliphatic heterocycles. The first kappa shape index (κ1) is 22.0. The molecule has 0 aliphatic rings. The molecule has 0 saturated carbocycles. The Morgan fingerprint density at radius 1 is 1.03 bits per heavy atom. The van der Waals surface area contributed by atoms with Crippen molar-refractivity contribution in [2.24, 2.45) is 0 Å². The molecule has 0 unspecified atom stereocenters. The molecule has 3 aromatic rings. The topological polar surface area (TPSA) is 81.3 Å². The summed E-state index contributed by atoms with van der Waals surface area (Å²) in [6.45, 7) is 4.23. The average Bonchev–Trinajstić information content (AvgIpc) is 3.08. The molecule has 3 rings (SSSR count). The van der Waals surface area contributed by atoms with Crippen molar-refractivity contribution in [2.45, 2.75) is 39.7 Å². The number of nitrogens with zero attached hydrogens (tertiary/aromatic N) is 2. The Morgan fingerprint density at radius 2 is 1.74 bits per heavy atom. The molecule has 6 heteroatoms. The van der Waals surface area contributed by atoms with Gasteiger partial charge in [-0.3, -0.25) is 9.36 Å². The number of allylic oxidation sites excluding steroid dienone is 1. The molecule has 0 amide bonds. The molecule has 0 atom stereocenters. The second-order valence-electron chi connectivity index (χ2n) is 7.29. The van der Waals surface area contributed by atoms with E-state index in [-0.39, 0.29) is 17.2 Å². The largest absolute Gasteiger partial charge is 0.478 e. The molecule has 1 aromatic heterocycles. The van der Waals surface area contributed by atoms with Gasteiger partial charge in [0, 0.05) is 12.6 Å². The smallest absolute Gasteiger partial charge is 0.336 e. The van der Waals surface area contributed by atoms with Crippen LogP contribution in [0.4, 0.5) is 0 Å². The van der Waals surface area contributed by atoms with E-state index >= 15 is 0 Å². The fourth-order valence-electron chi connectivity index (χ4n) is 3.43. The lowest BCUT2D eigenvalue weighted by atomic mass is 9.99. The number of carboxylic acids is 1. The fourth-order valence-corrected chi connectivity index (χ4v) is 3.43. The van der Waals surface area contributed by atoms with Gasteiger partial charge >= 0.3 is 11.7 Å². The second-order valence-corrected chi connectivity index (χ2v) is 7.29. The van der Waals surface area contributed by atoms with Crippen molar-refractivity contribution >= 4 is 18.0 Å². The van der Waals surface area contributed by atoms with Gasteiger partial charge in [-0.25, -0.2) is 14.2 Å². The number of carbonyl (C=O) groups excluding carboxylic acids is 1. The van der Waals surface area contributed by atoms with Gasteiger partial charge in [-0.05, 0) is 41.7 Å². The molecule has 2 aromatic carbocycles. The van der Waals surface area contributed by atoms with Gasteiger partial charge in [0.1, 0.15) is 0 Å². The summed E-state index contributed by atoms with van der Waals surface area (Å²) in [5.74, 6) is -1.19. The SMILES string of the molecule is CC/C=C/c1cn(C(=O)CCC)c(=O)n1Cc1ccc(-c2ccccc2C(=O)O)cc1. The standard InChI is InChI=1S/C25H26N2O4/c1-3-5-9-20-17-27(23(28)8-4-2)25(31)26(20)16-18-12-14-19(15-13-18)21-10-6-7-11-22(21)24(29)30/h5-7,9-15,17H,3-4,8,16H2,1-2H3,(H,29,30)/b9-5+. The number of aromatic carboxylic acids is 1. The molecule has 0 spiro atoms. The fraction of sp³-hybridized carbons (Fsp3) is 0.240. The van der Waals surface area contributed by atoms with Crippen molar-refractivity contribution in [3.05, 3.63) is 88.1 Å². The first-order valence-corrected chi connectivity index (χ1v) is 10.4. The number of rotatable bonds is 8. The highest BCUT2D eigenvalue weighted by Gasteiger charge is 2.15. The normalized spacial score (nSPS) is 11.2. The zero-order chi connectivity index (χ0) is 22.4. The zero-order valence-electron chi connectivity index (χ0n) is 17.7. The quantitative estimate of drug-likeness (QED) is 0.563. The van der Waals surface area contributed by atoms with Crippen molar-refractivity contribution in [1.82, 2.24) is 9.13 Å². The Hall–Kier alpha value is -3.67. The van der Waals surface area contributed by atoms with Crippen LogP contribution in [0.5, 0.6) is 0 Å². The van der Waals surface area contributed by atoms with E-state index in [1.54, 1.807) is 35.0 Å². The van der Waals surface area contributed by atoms with Crippen LogP contribution in [0, 0.1) is 0 Å². The monoisotopic (exact) mass is 418 g/mol. The highest BCUT2D eigenvalue weighted by Crippen LogP contribution is 2.24. The van der Waals surface area contributed by atoms with Gasteiger partial charge in [-0.2, -0.15) is 0 Å². The summed E-state index contributed by atoms with van der Waals surface area (Å²) in [7, 11) is 0. The van der Waals surface area contributed by atoms with Crippen LogP contribution < -0.4 is 5.69 Å². The van der Waals surface area contributed by atoms with Gasteiger partial charge in [-0.15, -0.1) is 0 Å². The van der Waals surface area contributed by atoms with E-state index in [4.69, 9.17) is 0 Å². The van der Waals surface area contributed by atoms with E-state index < -0.39 is 5.97 Å². The summed E-state index contributed by atoms with van der Waals surface area (Å²) in [4.78, 5) is 36.7. The molecule has 1 heterocycles. The third-order valence-electron chi connectivity index (χ3n) is 5.03. The average molecular weight is 418 g/mol. The molecule has 0 radical (unpaired) electrons. The van der Waals surface area contributed by atoms with Gasteiger partial charge in [0.05, 0.1) is 17.8 Å². The Kier molecular flexibility index (Phi) is 7.03. The number of hydrogen-bond donors (Lipinski definition) is 1. The number of carboxylic acid groups (broad SMARTS) is 1. The molecule has 0 aliphatic carbocycles. The van der Waals surface area contributed by atoms with Gasteiger partial charge < -0.3 is 5.11 Å². The highest BCUT2D eigenvalue weighted by molar-refractivity contribution is 5.96. The molecular formula is C25H26N2O4. The predicted octanol–water partition coefficient (Wildman–Crippen LogP) is 4.93. The Morgan fingerprint density at radius 3 is 2.39 bits per heavy atom. The maximum atomic E-state index is 12.9. The number of carbonyl (C=O) groups is 2. The third-order valence-corrected chi connectivity index (χ3v) is 5.03. The Bertz CT molecular complexity index is 1170. The van der Waals surface area contributed by atoms with Crippen LogP contribution in [0.3, 0.4) is 0 Å². The van der Waals surface area contributed by atoms with Crippen LogP contribution in [0.1, 0.15) is 59.5 Å². The van der Waals surface area contributed by atoms with Crippen molar-refractivity contribution in [2.75, 3.05) is 0 Å². The summed E-state index contributed by atoms with van der Waals surface area (Å²) in [6.07, 6.45) is 7.22. The van der Waals surface area contributed by atoms with Gasteiger partial charge in [0.2, 0.25) is 5.91 Å². The van der Waals surface area contributed by atoms with E-state index in [9.17, 15) is 19.5 Å². The van der Waals surface area contributed by atoms with Gasteiger partial charge in [0.15, 0.2) is 0 Å². The van der Waals surface area contributed by atoms with Crippen molar-refractivity contribution in [3.63, 3.8) is 0 Å². The molecule has 0 fully saturated rings. The Balaban J connectivity index is 1.94. The van der Waals surface area contributed by atoms with Crippen molar-refractivity contribution in [1.29, 1.82) is 0 Å². The van der Waals surface area contributed by atoms with E-state index in [1.165, 1.54) is 4.57 Å². The van der Waals surface area contributed by atoms with E-state index in [2.05, 4.69) is 0 Å². The van der Waals surface area contributed by atoms with Crippen molar-refractivity contribution < 1.29 is 14.7 Å². The van der Waals surface area contributed by atoms with Crippen LogP contribution in [-0.4, -0.2) is 26.1 Å². The van der Waals surface area contributed by atoms with E-state index in [0.717, 1.165) is 17.5 Å². The molecule has 1 N–H and O–H groups in total. The van der Waals surface area contributed by atoms with Crippen molar-refractivity contribution in [3.8, 4) is 11.1 Å². The van der Waals surface area contributed by atoms with E-state index in [1.807, 2.05) is 50.3 Å². The summed E-state index contributed by atoms with van der Waals surface area (Å²) in [5, 5.41) is 9.42. The first-order chi connectivity index (χ1) is 15.0. The number of hydrogen-bond acceptors (Lipinski definition) is 3. The maximum absolute atomic E-state index is 12.9. The van der Waals surface area contributed by atoms with Gasteiger partial charge in [0.25, 0.3) is 0 Å². The molecule has 160 valence electrons. The number of imidazole rings is 1. The molecule has 31 heavy (non-hydrogen) atoms. The van der Waals surface area contributed by atoms with Crippen LogP contribution in [0.25, 0.3) is 17.2 Å². The summed E-state index contributed by atoms with van der Waals surface area (Å²) in [5.41, 5.74) is 2.87. The minimum absolute atomic E-state index is 0.210. The zero-order valence-corrected chi connectivity index (χ0v) is 17.7. The molecule has 0 bridgehead atoms. The lowest BCUT2D eigenvalue weighted by Crippen LogP contribution is -2.29. The minimum Gasteiger partial charge on any atom is -0.478 e. The summed E-state index contributed by atoms with van der Waals surface area (Å²) < 4.78 is 2.77.